The van der Waals surface area contributed by atoms with Gasteiger partial charge in [0.2, 0.25) is 0 Å². The van der Waals surface area contributed by atoms with Crippen LogP contribution in [0.15, 0.2) is 35.8 Å². The van der Waals surface area contributed by atoms with Crippen LogP contribution in [0.5, 0.6) is 0 Å². The van der Waals surface area contributed by atoms with E-state index in [0.717, 1.165) is 17.2 Å². The Bertz CT molecular complexity index is 762. The lowest BCUT2D eigenvalue weighted by Crippen LogP contribution is -2.15. The minimum atomic E-state index is 0.133. The maximum Gasteiger partial charge on any atom is 0.194 e. The number of anilines is 1. The molecule has 3 aromatic rings. The van der Waals surface area contributed by atoms with Crippen molar-refractivity contribution in [3.8, 4) is 0 Å². The molecule has 0 amide bonds. The van der Waals surface area contributed by atoms with E-state index in [1.807, 2.05) is 0 Å². The molecule has 0 fully saturated rings. The Balaban J connectivity index is 1.89. The van der Waals surface area contributed by atoms with Crippen LogP contribution in [0.4, 0.5) is 5.69 Å². The quantitative estimate of drug-likeness (QED) is 0.765. The van der Waals surface area contributed by atoms with Crippen LogP contribution in [0, 0.1) is 6.92 Å². The molecular weight excluding hydrogens is 278 g/mol. The Morgan fingerprint density at radius 1 is 1.24 bits per heavy atom. The molecule has 0 atom stereocenters. The summed E-state index contributed by atoms with van der Waals surface area (Å²) in [5.74, 6) is 0. The Morgan fingerprint density at radius 3 is 2.76 bits per heavy atom. The van der Waals surface area contributed by atoms with Crippen molar-refractivity contribution in [3.05, 3.63) is 52.8 Å². The summed E-state index contributed by atoms with van der Waals surface area (Å²) in [6, 6.07) is 8.54. The second kappa shape index (κ2) is 5.19. The second-order valence-corrected chi connectivity index (χ2v) is 7.22. The third-order valence-corrected chi connectivity index (χ3v) is 4.50. The smallest absolute Gasteiger partial charge is 0.194 e. The summed E-state index contributed by atoms with van der Waals surface area (Å²) in [6.07, 6.45) is 2.09. The molecular formula is C17H21N3S. The SMILES string of the molecule is Cc1nc2sccn2c1CNc1ccccc1C(C)(C)C. The Morgan fingerprint density at radius 2 is 2.00 bits per heavy atom. The molecule has 0 unspecified atom stereocenters. The minimum absolute atomic E-state index is 0.133. The zero-order valence-corrected chi connectivity index (χ0v) is 13.8. The summed E-state index contributed by atoms with van der Waals surface area (Å²) < 4.78 is 2.17. The lowest BCUT2D eigenvalue weighted by molar-refractivity contribution is 0.591. The predicted molar refractivity (Wildman–Crippen MR) is 90.3 cm³/mol. The molecule has 1 aromatic carbocycles. The third-order valence-electron chi connectivity index (χ3n) is 3.74. The first-order chi connectivity index (χ1) is 9.97. The van der Waals surface area contributed by atoms with Crippen molar-refractivity contribution in [1.29, 1.82) is 0 Å². The highest BCUT2D eigenvalue weighted by molar-refractivity contribution is 7.15. The Hall–Kier alpha value is -1.81. The van der Waals surface area contributed by atoms with Crippen molar-refractivity contribution in [1.82, 2.24) is 9.38 Å². The highest BCUT2D eigenvalue weighted by Gasteiger charge is 2.17. The largest absolute Gasteiger partial charge is 0.379 e. The number of thiazole rings is 1. The molecule has 2 aromatic heterocycles. The number of aryl methyl sites for hydroxylation is 1. The molecule has 3 nitrogen and oxygen atoms in total. The highest BCUT2D eigenvalue weighted by atomic mass is 32.1. The van der Waals surface area contributed by atoms with Gasteiger partial charge in [-0.25, -0.2) is 4.98 Å². The summed E-state index contributed by atoms with van der Waals surface area (Å²) in [5.41, 5.74) is 5.01. The molecule has 0 saturated heterocycles. The molecule has 0 aliphatic heterocycles. The normalized spacial score (nSPS) is 12.0. The Labute approximate surface area is 129 Å². The van der Waals surface area contributed by atoms with Gasteiger partial charge in [0.15, 0.2) is 4.96 Å². The molecule has 4 heteroatoms. The van der Waals surface area contributed by atoms with Crippen LogP contribution in [-0.4, -0.2) is 9.38 Å². The standard InChI is InChI=1S/C17H21N3S/c1-12-15(20-9-10-21-16(20)19-12)11-18-14-8-6-5-7-13(14)17(2,3)4/h5-10,18H,11H2,1-4H3. The van der Waals surface area contributed by atoms with E-state index in [1.54, 1.807) is 11.3 Å². The summed E-state index contributed by atoms with van der Waals surface area (Å²) in [7, 11) is 0. The number of hydrogen-bond donors (Lipinski definition) is 1. The van der Waals surface area contributed by atoms with Crippen LogP contribution < -0.4 is 5.32 Å². The fourth-order valence-electron chi connectivity index (χ4n) is 2.62. The first kappa shape index (κ1) is 14.1. The molecule has 0 aliphatic rings. The number of nitrogens with zero attached hydrogens (tertiary/aromatic N) is 2. The van der Waals surface area contributed by atoms with E-state index in [4.69, 9.17) is 0 Å². The summed E-state index contributed by atoms with van der Waals surface area (Å²) >= 11 is 1.68. The van der Waals surface area contributed by atoms with Crippen molar-refractivity contribution in [2.45, 2.75) is 39.7 Å². The molecule has 1 N–H and O–H groups in total. The number of rotatable bonds is 3. The van der Waals surface area contributed by atoms with E-state index in [9.17, 15) is 0 Å². The minimum Gasteiger partial charge on any atom is -0.379 e. The van der Waals surface area contributed by atoms with Gasteiger partial charge in [0, 0.05) is 17.3 Å². The van der Waals surface area contributed by atoms with Crippen LogP contribution in [0.1, 0.15) is 37.7 Å². The van der Waals surface area contributed by atoms with Crippen molar-refractivity contribution in [2.75, 3.05) is 5.32 Å². The van der Waals surface area contributed by atoms with Gasteiger partial charge < -0.3 is 5.32 Å². The summed E-state index contributed by atoms with van der Waals surface area (Å²) in [6.45, 7) is 9.60. The number of fused-ring (bicyclic) bond motifs is 1. The van der Waals surface area contributed by atoms with Crippen LogP contribution >= 0.6 is 11.3 Å². The van der Waals surface area contributed by atoms with Crippen molar-refractivity contribution in [2.24, 2.45) is 0 Å². The second-order valence-electron chi connectivity index (χ2n) is 6.35. The van der Waals surface area contributed by atoms with Crippen molar-refractivity contribution in [3.63, 3.8) is 0 Å². The van der Waals surface area contributed by atoms with E-state index in [-0.39, 0.29) is 5.41 Å². The van der Waals surface area contributed by atoms with E-state index in [2.05, 4.69) is 78.2 Å². The Kier molecular flexibility index (Phi) is 3.49. The van der Waals surface area contributed by atoms with E-state index >= 15 is 0 Å². The molecule has 0 spiro atoms. The van der Waals surface area contributed by atoms with Gasteiger partial charge in [0.05, 0.1) is 17.9 Å². The van der Waals surface area contributed by atoms with Crippen LogP contribution in [0.2, 0.25) is 0 Å². The number of aromatic nitrogens is 2. The number of benzene rings is 1. The van der Waals surface area contributed by atoms with E-state index in [1.165, 1.54) is 16.9 Å². The van der Waals surface area contributed by atoms with Gasteiger partial charge >= 0.3 is 0 Å². The zero-order chi connectivity index (χ0) is 15.0. The molecule has 0 saturated carbocycles. The first-order valence-corrected chi connectivity index (χ1v) is 8.09. The van der Waals surface area contributed by atoms with Crippen molar-refractivity contribution >= 4 is 22.0 Å². The van der Waals surface area contributed by atoms with E-state index in [0.29, 0.717) is 0 Å². The topological polar surface area (TPSA) is 29.3 Å². The molecule has 0 bridgehead atoms. The molecule has 110 valence electrons. The van der Waals surface area contributed by atoms with Crippen LogP contribution in [0.25, 0.3) is 4.96 Å². The van der Waals surface area contributed by atoms with Gasteiger partial charge in [-0.05, 0) is 24.0 Å². The van der Waals surface area contributed by atoms with Gasteiger partial charge in [-0.1, -0.05) is 39.0 Å². The highest BCUT2D eigenvalue weighted by Crippen LogP contribution is 2.29. The summed E-state index contributed by atoms with van der Waals surface area (Å²) in [4.78, 5) is 5.66. The van der Waals surface area contributed by atoms with Gasteiger partial charge in [-0.15, -0.1) is 11.3 Å². The fourth-order valence-corrected chi connectivity index (χ4v) is 3.40. The van der Waals surface area contributed by atoms with Gasteiger partial charge in [0.25, 0.3) is 0 Å². The van der Waals surface area contributed by atoms with Gasteiger partial charge in [0.1, 0.15) is 0 Å². The zero-order valence-electron chi connectivity index (χ0n) is 13.0. The molecule has 3 rings (SSSR count). The molecule has 0 radical (unpaired) electrons. The lowest BCUT2D eigenvalue weighted by atomic mass is 9.86. The van der Waals surface area contributed by atoms with Crippen LogP contribution in [0.3, 0.4) is 0 Å². The lowest BCUT2D eigenvalue weighted by Gasteiger charge is -2.23. The maximum atomic E-state index is 4.60. The summed E-state index contributed by atoms with van der Waals surface area (Å²) in [5, 5.41) is 5.67. The number of nitrogens with one attached hydrogen (secondary N) is 1. The number of para-hydroxylation sites is 1. The van der Waals surface area contributed by atoms with Gasteiger partial charge in [-0.3, -0.25) is 4.40 Å². The predicted octanol–water partition coefficient (Wildman–Crippen LogP) is 4.61. The first-order valence-electron chi connectivity index (χ1n) is 7.21. The molecule has 0 aliphatic carbocycles. The van der Waals surface area contributed by atoms with E-state index < -0.39 is 0 Å². The average Bonchev–Trinajstić information content (AvgIpc) is 2.96. The maximum absolute atomic E-state index is 4.60. The number of imidazole rings is 1. The fraction of sp³-hybridized carbons (Fsp3) is 0.353. The molecule has 21 heavy (non-hydrogen) atoms. The number of hydrogen-bond acceptors (Lipinski definition) is 3. The van der Waals surface area contributed by atoms with Crippen LogP contribution in [-0.2, 0) is 12.0 Å². The average molecular weight is 299 g/mol. The molecule has 2 heterocycles. The third kappa shape index (κ3) is 2.68. The van der Waals surface area contributed by atoms with Gasteiger partial charge in [-0.2, -0.15) is 0 Å². The monoisotopic (exact) mass is 299 g/mol. The van der Waals surface area contributed by atoms with Crippen molar-refractivity contribution < 1.29 is 0 Å².